The van der Waals surface area contributed by atoms with Gasteiger partial charge in [0.1, 0.15) is 18.1 Å². The maximum Gasteiger partial charge on any atom is 0.164 e. The normalized spacial score (nSPS) is 17.4. The van der Waals surface area contributed by atoms with Gasteiger partial charge >= 0.3 is 0 Å². The van der Waals surface area contributed by atoms with E-state index in [4.69, 9.17) is 13.9 Å². The molecule has 0 aliphatic carbocycles. The Balaban J connectivity index is 1.64. The van der Waals surface area contributed by atoms with Gasteiger partial charge in [0, 0.05) is 6.04 Å². The number of methoxy groups -OCH3 is 1. The largest absolute Gasteiger partial charge is 0.493 e. The molecule has 3 rings (SSSR count). The molecule has 0 amide bonds. The van der Waals surface area contributed by atoms with Crippen molar-refractivity contribution in [1.29, 1.82) is 0 Å². The molecule has 0 spiro atoms. The first kappa shape index (κ1) is 13.1. The lowest BCUT2D eigenvalue weighted by Gasteiger charge is -2.27. The second kappa shape index (κ2) is 5.59. The summed E-state index contributed by atoms with van der Waals surface area (Å²) in [5, 5.41) is 3.47. The Kier molecular flexibility index (Phi) is 3.65. The van der Waals surface area contributed by atoms with Crippen LogP contribution in [0.4, 0.5) is 0 Å². The molecule has 0 bridgehead atoms. The molecule has 1 atom stereocenters. The van der Waals surface area contributed by atoms with Crippen molar-refractivity contribution < 1.29 is 13.9 Å². The number of hydrogen-bond acceptors (Lipinski definition) is 4. The first-order chi connectivity index (χ1) is 9.76. The number of fused-ring (bicyclic) bond motifs is 1. The SMILES string of the molecule is COc1cccc2c1OC[C@@H](NCc1ccc(C)o1)C2. The molecule has 1 N–H and O–H groups in total. The molecule has 2 heterocycles. The van der Waals surface area contributed by atoms with Gasteiger partial charge in [0.25, 0.3) is 0 Å². The lowest BCUT2D eigenvalue weighted by Crippen LogP contribution is -2.38. The van der Waals surface area contributed by atoms with Crippen LogP contribution >= 0.6 is 0 Å². The Morgan fingerprint density at radius 1 is 1.30 bits per heavy atom. The summed E-state index contributed by atoms with van der Waals surface area (Å²) in [4.78, 5) is 0. The predicted molar refractivity (Wildman–Crippen MR) is 76.3 cm³/mol. The van der Waals surface area contributed by atoms with Crippen LogP contribution in [-0.2, 0) is 13.0 Å². The number of benzene rings is 1. The Labute approximate surface area is 118 Å². The van der Waals surface area contributed by atoms with Crippen LogP contribution in [0, 0.1) is 6.92 Å². The molecule has 106 valence electrons. The van der Waals surface area contributed by atoms with Crippen LogP contribution in [0.5, 0.6) is 11.5 Å². The minimum Gasteiger partial charge on any atom is -0.493 e. The number of nitrogens with one attached hydrogen (secondary N) is 1. The van der Waals surface area contributed by atoms with Gasteiger partial charge in [-0.2, -0.15) is 0 Å². The molecule has 4 heteroatoms. The third kappa shape index (κ3) is 2.65. The van der Waals surface area contributed by atoms with Gasteiger partial charge in [0.05, 0.1) is 13.7 Å². The van der Waals surface area contributed by atoms with Crippen molar-refractivity contribution in [3.05, 3.63) is 47.4 Å². The van der Waals surface area contributed by atoms with Gasteiger partial charge in [-0.1, -0.05) is 12.1 Å². The average Bonchev–Trinajstić information content (AvgIpc) is 2.89. The van der Waals surface area contributed by atoms with Crippen molar-refractivity contribution in [2.75, 3.05) is 13.7 Å². The maximum absolute atomic E-state index is 5.83. The molecule has 1 aromatic carbocycles. The summed E-state index contributed by atoms with van der Waals surface area (Å²) < 4.78 is 16.7. The Hall–Kier alpha value is -1.94. The highest BCUT2D eigenvalue weighted by atomic mass is 16.5. The summed E-state index contributed by atoms with van der Waals surface area (Å²) in [7, 11) is 1.67. The minimum absolute atomic E-state index is 0.292. The number of hydrogen-bond donors (Lipinski definition) is 1. The molecule has 0 saturated carbocycles. The van der Waals surface area contributed by atoms with E-state index in [1.54, 1.807) is 7.11 Å². The van der Waals surface area contributed by atoms with Gasteiger partial charge in [0.2, 0.25) is 0 Å². The lowest BCUT2D eigenvalue weighted by atomic mass is 10.0. The van der Waals surface area contributed by atoms with Crippen LogP contribution in [0.25, 0.3) is 0 Å². The molecular weight excluding hydrogens is 254 g/mol. The van der Waals surface area contributed by atoms with E-state index in [0.29, 0.717) is 12.6 Å². The van der Waals surface area contributed by atoms with Crippen LogP contribution in [0.15, 0.2) is 34.7 Å². The number of ether oxygens (including phenoxy) is 2. The molecule has 1 aromatic heterocycles. The maximum atomic E-state index is 5.83. The van der Waals surface area contributed by atoms with E-state index in [1.165, 1.54) is 5.56 Å². The molecule has 1 aliphatic rings. The fraction of sp³-hybridized carbons (Fsp3) is 0.375. The number of para-hydroxylation sites is 1. The van der Waals surface area contributed by atoms with Crippen molar-refractivity contribution in [3.63, 3.8) is 0 Å². The molecule has 0 radical (unpaired) electrons. The topological polar surface area (TPSA) is 43.6 Å². The second-order valence-corrected chi connectivity index (χ2v) is 5.05. The quantitative estimate of drug-likeness (QED) is 0.930. The van der Waals surface area contributed by atoms with Gasteiger partial charge in [-0.25, -0.2) is 0 Å². The third-order valence-electron chi connectivity index (χ3n) is 3.54. The predicted octanol–water partition coefficient (Wildman–Crippen LogP) is 2.69. The molecule has 20 heavy (non-hydrogen) atoms. The minimum atomic E-state index is 0.292. The Morgan fingerprint density at radius 2 is 2.20 bits per heavy atom. The average molecular weight is 273 g/mol. The van der Waals surface area contributed by atoms with Crippen molar-refractivity contribution in [2.24, 2.45) is 0 Å². The highest BCUT2D eigenvalue weighted by Crippen LogP contribution is 2.34. The molecule has 2 aromatic rings. The summed E-state index contributed by atoms with van der Waals surface area (Å²) in [6.45, 7) is 3.32. The lowest BCUT2D eigenvalue weighted by molar-refractivity contribution is 0.224. The van der Waals surface area contributed by atoms with Crippen LogP contribution < -0.4 is 14.8 Å². The summed E-state index contributed by atoms with van der Waals surface area (Å²) in [6.07, 6.45) is 0.937. The van der Waals surface area contributed by atoms with Gasteiger partial charge in [-0.3, -0.25) is 0 Å². The molecule has 1 aliphatic heterocycles. The fourth-order valence-electron chi connectivity index (χ4n) is 2.51. The van der Waals surface area contributed by atoms with E-state index >= 15 is 0 Å². The fourth-order valence-corrected chi connectivity index (χ4v) is 2.51. The van der Waals surface area contributed by atoms with Crippen LogP contribution in [0.2, 0.25) is 0 Å². The molecule has 0 unspecified atom stereocenters. The van der Waals surface area contributed by atoms with Gasteiger partial charge in [-0.05, 0) is 37.1 Å². The molecular formula is C16H19NO3. The number of aryl methyl sites for hydroxylation is 1. The van der Waals surface area contributed by atoms with Crippen molar-refractivity contribution in [1.82, 2.24) is 5.32 Å². The zero-order valence-electron chi connectivity index (χ0n) is 11.8. The van der Waals surface area contributed by atoms with Crippen molar-refractivity contribution in [2.45, 2.75) is 25.9 Å². The first-order valence-electron chi connectivity index (χ1n) is 6.83. The zero-order valence-corrected chi connectivity index (χ0v) is 11.8. The number of furan rings is 1. The van der Waals surface area contributed by atoms with Gasteiger partial charge in [-0.15, -0.1) is 0 Å². The standard InChI is InChI=1S/C16H19NO3/c1-11-6-7-14(20-11)9-17-13-8-12-4-3-5-15(18-2)16(12)19-10-13/h3-7,13,17H,8-10H2,1-2H3/t13-/m0/s1. The van der Waals surface area contributed by atoms with Crippen LogP contribution in [-0.4, -0.2) is 19.8 Å². The highest BCUT2D eigenvalue weighted by molar-refractivity contribution is 5.48. The van der Waals surface area contributed by atoms with E-state index in [0.717, 1.165) is 36.0 Å². The van der Waals surface area contributed by atoms with Gasteiger partial charge in [0.15, 0.2) is 11.5 Å². The summed E-state index contributed by atoms with van der Waals surface area (Å²) in [5.74, 6) is 3.58. The third-order valence-corrected chi connectivity index (χ3v) is 3.54. The smallest absolute Gasteiger partial charge is 0.164 e. The summed E-state index contributed by atoms with van der Waals surface area (Å²) in [6, 6.07) is 10.3. The molecule has 0 saturated heterocycles. The van der Waals surface area contributed by atoms with Crippen LogP contribution in [0.3, 0.4) is 0 Å². The monoisotopic (exact) mass is 273 g/mol. The van der Waals surface area contributed by atoms with Gasteiger partial charge < -0.3 is 19.2 Å². The second-order valence-electron chi connectivity index (χ2n) is 5.05. The number of rotatable bonds is 4. The molecule has 0 fully saturated rings. The zero-order chi connectivity index (χ0) is 13.9. The van der Waals surface area contributed by atoms with Crippen LogP contribution in [0.1, 0.15) is 17.1 Å². The van der Waals surface area contributed by atoms with Crippen molar-refractivity contribution in [3.8, 4) is 11.5 Å². The summed E-state index contributed by atoms with van der Waals surface area (Å²) >= 11 is 0. The Bertz CT molecular complexity index is 591. The first-order valence-corrected chi connectivity index (χ1v) is 6.83. The van der Waals surface area contributed by atoms with E-state index in [-0.39, 0.29) is 0 Å². The highest BCUT2D eigenvalue weighted by Gasteiger charge is 2.22. The Morgan fingerprint density at radius 3 is 2.95 bits per heavy atom. The summed E-state index contributed by atoms with van der Waals surface area (Å²) in [5.41, 5.74) is 1.18. The van der Waals surface area contributed by atoms with E-state index < -0.39 is 0 Å². The molecule has 4 nitrogen and oxygen atoms in total. The van der Waals surface area contributed by atoms with E-state index in [2.05, 4.69) is 11.4 Å². The van der Waals surface area contributed by atoms with E-state index in [1.807, 2.05) is 31.2 Å². The van der Waals surface area contributed by atoms with E-state index in [9.17, 15) is 0 Å². The van der Waals surface area contributed by atoms with Crippen molar-refractivity contribution >= 4 is 0 Å².